The third kappa shape index (κ3) is 6.00. The molecule has 0 aromatic carbocycles. The molecule has 0 unspecified atom stereocenters. The Bertz CT molecular complexity index is 132. The lowest BCUT2D eigenvalue weighted by Gasteiger charge is -1.87. The van der Waals surface area contributed by atoms with Gasteiger partial charge in [0.2, 0.25) is 0 Å². The van der Waals surface area contributed by atoms with Gasteiger partial charge in [-0.05, 0) is 47.3 Å². The maximum Gasteiger partial charge on any atom is -0.00225 e. The van der Waals surface area contributed by atoms with Gasteiger partial charge in [0.25, 0.3) is 0 Å². The minimum Gasteiger partial charge on any atom is -0.0764 e. The first-order valence-electron chi connectivity index (χ1n) is 2.77. The van der Waals surface area contributed by atoms with Gasteiger partial charge in [-0.2, -0.15) is 0 Å². The van der Waals surface area contributed by atoms with Crippen molar-refractivity contribution in [2.75, 3.05) is 0 Å². The van der Waals surface area contributed by atoms with E-state index in [0.717, 1.165) is 4.91 Å². The second-order valence-electron chi connectivity index (χ2n) is 2.10. The predicted molar refractivity (Wildman–Crippen MR) is 46.6 cm³/mol. The van der Waals surface area contributed by atoms with Crippen LogP contribution in [0, 0.1) is 0 Å². The standard InChI is InChI=1S/C7H11ClS/c1-6(2)4-5-7(3)9-8/h4-5H,1-3H3/b7-5+. The fraction of sp³-hybridized carbons (Fsp3) is 0.429. The molecule has 0 aliphatic heterocycles. The second kappa shape index (κ2) is 4.95. The molecule has 52 valence electrons. The van der Waals surface area contributed by atoms with Gasteiger partial charge in [-0.25, -0.2) is 0 Å². The van der Waals surface area contributed by atoms with Crippen LogP contribution >= 0.6 is 21.7 Å². The first-order chi connectivity index (χ1) is 4.16. The number of hydrogen-bond donors (Lipinski definition) is 0. The smallest absolute Gasteiger partial charge is 0.00225 e. The molecule has 0 saturated carbocycles. The average molecular weight is 163 g/mol. The van der Waals surface area contributed by atoms with Crippen LogP contribution in [0.4, 0.5) is 0 Å². The van der Waals surface area contributed by atoms with Crippen molar-refractivity contribution in [3.05, 3.63) is 22.6 Å². The molecule has 0 atom stereocenters. The van der Waals surface area contributed by atoms with Gasteiger partial charge in [-0.3, -0.25) is 0 Å². The predicted octanol–water partition coefficient (Wildman–Crippen LogP) is 3.74. The van der Waals surface area contributed by atoms with Crippen LogP contribution in [0.5, 0.6) is 0 Å². The van der Waals surface area contributed by atoms with Gasteiger partial charge in [0.05, 0.1) is 0 Å². The van der Waals surface area contributed by atoms with Crippen molar-refractivity contribution < 1.29 is 0 Å². The van der Waals surface area contributed by atoms with E-state index < -0.39 is 0 Å². The van der Waals surface area contributed by atoms with E-state index in [-0.39, 0.29) is 0 Å². The van der Waals surface area contributed by atoms with Crippen molar-refractivity contribution in [1.82, 2.24) is 0 Å². The largest absolute Gasteiger partial charge is 0.0764 e. The molecule has 0 radical (unpaired) electrons. The molecule has 0 aliphatic rings. The van der Waals surface area contributed by atoms with Gasteiger partial charge >= 0.3 is 0 Å². The number of rotatable bonds is 2. The highest BCUT2D eigenvalue weighted by Crippen LogP contribution is 2.18. The lowest BCUT2D eigenvalue weighted by atomic mass is 10.3. The summed E-state index contributed by atoms with van der Waals surface area (Å²) in [6, 6.07) is 0. The van der Waals surface area contributed by atoms with E-state index >= 15 is 0 Å². The van der Waals surface area contributed by atoms with Gasteiger partial charge in [0.1, 0.15) is 0 Å². The number of allylic oxidation sites excluding steroid dienone is 4. The summed E-state index contributed by atoms with van der Waals surface area (Å²) in [5.41, 5.74) is 1.29. The minimum absolute atomic E-state index is 1.12. The quantitative estimate of drug-likeness (QED) is 0.558. The summed E-state index contributed by atoms with van der Waals surface area (Å²) in [7, 11) is 6.71. The molecule has 0 nitrogen and oxygen atoms in total. The second-order valence-corrected chi connectivity index (χ2v) is 3.36. The molecule has 2 heteroatoms. The molecule has 0 aromatic heterocycles. The summed E-state index contributed by atoms with van der Waals surface area (Å²) in [4.78, 5) is 1.12. The maximum absolute atomic E-state index is 5.45. The van der Waals surface area contributed by atoms with Gasteiger partial charge in [0.15, 0.2) is 0 Å². The summed E-state index contributed by atoms with van der Waals surface area (Å²) in [5, 5.41) is 0. The Labute approximate surface area is 65.5 Å². The fourth-order valence-electron chi connectivity index (χ4n) is 0.310. The summed E-state index contributed by atoms with van der Waals surface area (Å²) >= 11 is 0. The van der Waals surface area contributed by atoms with Crippen molar-refractivity contribution in [2.45, 2.75) is 20.8 Å². The molecule has 0 bridgehead atoms. The summed E-state index contributed by atoms with van der Waals surface area (Å²) in [6.07, 6.45) is 4.05. The van der Waals surface area contributed by atoms with E-state index in [0.29, 0.717) is 0 Å². The van der Waals surface area contributed by atoms with Crippen molar-refractivity contribution in [3.8, 4) is 0 Å². The molecule has 0 aromatic rings. The van der Waals surface area contributed by atoms with E-state index in [2.05, 4.69) is 13.8 Å². The molecule has 0 fully saturated rings. The zero-order valence-corrected chi connectivity index (χ0v) is 7.51. The Morgan fingerprint density at radius 3 is 2.11 bits per heavy atom. The van der Waals surface area contributed by atoms with Crippen LogP contribution < -0.4 is 0 Å². The maximum atomic E-state index is 5.45. The van der Waals surface area contributed by atoms with Crippen LogP contribution in [-0.2, 0) is 0 Å². The molecular weight excluding hydrogens is 152 g/mol. The first kappa shape index (κ1) is 9.12. The molecule has 0 aliphatic carbocycles. The fourth-order valence-corrected chi connectivity index (χ4v) is 0.584. The molecule has 9 heavy (non-hydrogen) atoms. The zero-order chi connectivity index (χ0) is 7.28. The highest BCUT2D eigenvalue weighted by Gasteiger charge is 1.81. The van der Waals surface area contributed by atoms with E-state index in [1.54, 1.807) is 0 Å². The van der Waals surface area contributed by atoms with Gasteiger partial charge < -0.3 is 0 Å². The normalized spacial score (nSPS) is 11.3. The summed E-state index contributed by atoms with van der Waals surface area (Å²) in [5.74, 6) is 0. The molecular formula is C7H11ClS. The van der Waals surface area contributed by atoms with Crippen LogP contribution in [-0.4, -0.2) is 0 Å². The highest BCUT2D eigenvalue weighted by molar-refractivity contribution is 8.24. The van der Waals surface area contributed by atoms with Gasteiger partial charge in [-0.1, -0.05) is 17.7 Å². The lowest BCUT2D eigenvalue weighted by Crippen LogP contribution is -1.62. The lowest BCUT2D eigenvalue weighted by molar-refractivity contribution is 1.39. The molecule has 0 spiro atoms. The van der Waals surface area contributed by atoms with Crippen LogP contribution in [0.1, 0.15) is 20.8 Å². The van der Waals surface area contributed by atoms with Crippen LogP contribution in [0.2, 0.25) is 0 Å². The SMILES string of the molecule is CC(C)=C/C=C(\C)SCl. The molecule has 0 amide bonds. The first-order valence-corrected chi connectivity index (χ1v) is 4.41. The van der Waals surface area contributed by atoms with Gasteiger partial charge in [-0.15, -0.1) is 0 Å². The van der Waals surface area contributed by atoms with Crippen molar-refractivity contribution in [2.24, 2.45) is 0 Å². The van der Waals surface area contributed by atoms with E-state index in [1.165, 1.54) is 16.5 Å². The van der Waals surface area contributed by atoms with E-state index in [9.17, 15) is 0 Å². The summed E-state index contributed by atoms with van der Waals surface area (Å²) in [6.45, 7) is 6.10. The van der Waals surface area contributed by atoms with E-state index in [4.69, 9.17) is 10.7 Å². The van der Waals surface area contributed by atoms with Crippen molar-refractivity contribution in [1.29, 1.82) is 0 Å². The number of hydrogen-bond acceptors (Lipinski definition) is 1. The monoisotopic (exact) mass is 162 g/mol. The minimum atomic E-state index is 1.12. The summed E-state index contributed by atoms with van der Waals surface area (Å²) < 4.78 is 0. The molecule has 0 saturated heterocycles. The Kier molecular flexibility index (Phi) is 5.02. The average Bonchev–Trinajstić information content (AvgIpc) is 1.83. The highest BCUT2D eigenvalue weighted by atomic mass is 35.7. The van der Waals surface area contributed by atoms with E-state index in [1.807, 2.05) is 19.1 Å². The van der Waals surface area contributed by atoms with Gasteiger partial charge in [0, 0.05) is 0 Å². The zero-order valence-electron chi connectivity index (χ0n) is 5.94. The Morgan fingerprint density at radius 1 is 1.22 bits per heavy atom. The van der Waals surface area contributed by atoms with Crippen LogP contribution in [0.3, 0.4) is 0 Å². The van der Waals surface area contributed by atoms with Crippen LogP contribution in [0.25, 0.3) is 0 Å². The Balaban J connectivity index is 3.83. The Morgan fingerprint density at radius 2 is 1.78 bits per heavy atom. The molecule has 0 N–H and O–H groups in total. The van der Waals surface area contributed by atoms with Crippen LogP contribution in [0.15, 0.2) is 22.6 Å². The topological polar surface area (TPSA) is 0 Å². The van der Waals surface area contributed by atoms with Crippen molar-refractivity contribution in [3.63, 3.8) is 0 Å². The third-order valence-corrected chi connectivity index (χ3v) is 1.88. The third-order valence-electron chi connectivity index (χ3n) is 0.773. The van der Waals surface area contributed by atoms with Crippen molar-refractivity contribution >= 4 is 21.7 Å². The Hall–Kier alpha value is 0.120. The molecule has 0 rings (SSSR count). The molecule has 0 heterocycles. The number of halogens is 1.